The molecule has 0 saturated carbocycles. The Labute approximate surface area is 136 Å². The molecule has 0 spiro atoms. The smallest absolute Gasteiger partial charge is 0.236 e. The highest BCUT2D eigenvalue weighted by Gasteiger charge is 2.31. The van der Waals surface area contributed by atoms with Crippen LogP contribution in [0.4, 0.5) is 0 Å². The Morgan fingerprint density at radius 3 is 3.00 bits per heavy atom. The van der Waals surface area contributed by atoms with Crippen molar-refractivity contribution in [1.82, 2.24) is 20.1 Å². The second kappa shape index (κ2) is 7.08. The molecule has 1 unspecified atom stereocenters. The number of hydrogen-bond acceptors (Lipinski definition) is 4. The van der Waals surface area contributed by atoms with Gasteiger partial charge in [0.25, 0.3) is 0 Å². The topological polar surface area (TPSA) is 65.5 Å². The fraction of sp³-hybridized carbons (Fsp3) is 0.588. The molecule has 2 saturated heterocycles. The van der Waals surface area contributed by atoms with E-state index in [2.05, 4.69) is 10.3 Å². The normalized spacial score (nSPS) is 22.3. The van der Waals surface area contributed by atoms with Crippen molar-refractivity contribution in [2.75, 3.05) is 32.7 Å². The first-order chi connectivity index (χ1) is 11.1. The first-order valence-electron chi connectivity index (χ1n) is 8.33. The zero-order valence-electron chi connectivity index (χ0n) is 13.6. The van der Waals surface area contributed by atoms with Crippen molar-refractivity contribution in [3.05, 3.63) is 29.6 Å². The number of hydrogen-bond donors (Lipinski definition) is 1. The Morgan fingerprint density at radius 2 is 2.26 bits per heavy atom. The van der Waals surface area contributed by atoms with E-state index in [1.807, 2.05) is 28.9 Å². The number of amides is 2. The van der Waals surface area contributed by atoms with Crippen LogP contribution in [0.25, 0.3) is 0 Å². The molecule has 2 aliphatic heterocycles. The number of pyridine rings is 1. The van der Waals surface area contributed by atoms with Crippen LogP contribution in [0, 0.1) is 6.92 Å². The van der Waals surface area contributed by atoms with Crippen molar-refractivity contribution in [3.8, 4) is 0 Å². The van der Waals surface area contributed by atoms with Crippen molar-refractivity contribution < 1.29 is 9.59 Å². The second-order valence-electron chi connectivity index (χ2n) is 6.38. The number of nitrogens with one attached hydrogen (secondary N) is 1. The molecule has 1 aromatic rings. The van der Waals surface area contributed by atoms with Gasteiger partial charge in [0.15, 0.2) is 0 Å². The summed E-state index contributed by atoms with van der Waals surface area (Å²) in [5, 5.41) is 3.10. The van der Waals surface area contributed by atoms with Crippen molar-refractivity contribution in [3.63, 3.8) is 0 Å². The van der Waals surface area contributed by atoms with Crippen LogP contribution >= 0.6 is 0 Å². The molecule has 3 heterocycles. The van der Waals surface area contributed by atoms with Crippen LogP contribution in [0.3, 0.4) is 0 Å². The Kier molecular flexibility index (Phi) is 4.91. The first-order valence-corrected chi connectivity index (χ1v) is 8.33. The van der Waals surface area contributed by atoms with E-state index in [9.17, 15) is 9.59 Å². The van der Waals surface area contributed by atoms with E-state index < -0.39 is 0 Å². The Hall–Kier alpha value is -1.95. The van der Waals surface area contributed by atoms with E-state index in [-0.39, 0.29) is 17.9 Å². The highest BCUT2D eigenvalue weighted by molar-refractivity contribution is 5.80. The number of aryl methyl sites for hydroxylation is 1. The lowest BCUT2D eigenvalue weighted by Gasteiger charge is -2.41. The maximum Gasteiger partial charge on any atom is 0.236 e. The number of piperazine rings is 1. The van der Waals surface area contributed by atoms with Crippen molar-refractivity contribution in [1.29, 1.82) is 0 Å². The summed E-state index contributed by atoms with van der Waals surface area (Å²) in [7, 11) is 0. The Balaban J connectivity index is 1.60. The number of likely N-dealkylation sites (tertiary alicyclic amines) is 1. The molecule has 2 fully saturated rings. The lowest BCUT2D eigenvalue weighted by Crippen LogP contribution is -2.57. The largest absolute Gasteiger partial charge is 0.340 e. The third-order valence-electron chi connectivity index (χ3n) is 4.64. The third kappa shape index (κ3) is 3.88. The average molecular weight is 316 g/mol. The lowest BCUT2D eigenvalue weighted by molar-refractivity contribution is -0.140. The molecule has 1 N–H and O–H groups in total. The highest BCUT2D eigenvalue weighted by Crippen LogP contribution is 2.18. The summed E-state index contributed by atoms with van der Waals surface area (Å²) in [6.45, 7) is 5.38. The van der Waals surface area contributed by atoms with Gasteiger partial charge in [-0.3, -0.25) is 14.6 Å². The van der Waals surface area contributed by atoms with Crippen LogP contribution in [-0.4, -0.2) is 65.4 Å². The molecule has 6 heteroatoms. The molecule has 3 rings (SSSR count). The zero-order chi connectivity index (χ0) is 16.2. The van der Waals surface area contributed by atoms with E-state index in [1.165, 1.54) is 0 Å². The van der Waals surface area contributed by atoms with Crippen molar-refractivity contribution in [2.45, 2.75) is 32.2 Å². The van der Waals surface area contributed by atoms with Crippen molar-refractivity contribution in [2.24, 2.45) is 0 Å². The van der Waals surface area contributed by atoms with Gasteiger partial charge in [0.2, 0.25) is 11.8 Å². The number of nitrogens with zero attached hydrogens (tertiary/aromatic N) is 3. The monoisotopic (exact) mass is 316 g/mol. The predicted molar refractivity (Wildman–Crippen MR) is 86.9 cm³/mol. The lowest BCUT2D eigenvalue weighted by atomic mass is 10.0. The van der Waals surface area contributed by atoms with Crippen molar-refractivity contribution >= 4 is 11.8 Å². The summed E-state index contributed by atoms with van der Waals surface area (Å²) >= 11 is 0. The number of carbonyl (C=O) groups is 2. The maximum atomic E-state index is 12.5. The molecular formula is C17H24N4O2. The molecule has 23 heavy (non-hydrogen) atoms. The first kappa shape index (κ1) is 15.9. The highest BCUT2D eigenvalue weighted by atomic mass is 16.2. The molecular weight excluding hydrogens is 292 g/mol. The molecule has 0 radical (unpaired) electrons. The molecule has 124 valence electrons. The van der Waals surface area contributed by atoms with Gasteiger partial charge in [0.1, 0.15) is 0 Å². The molecule has 1 aromatic heterocycles. The van der Waals surface area contributed by atoms with Gasteiger partial charge in [-0.25, -0.2) is 0 Å². The molecule has 6 nitrogen and oxygen atoms in total. The Morgan fingerprint density at radius 1 is 1.39 bits per heavy atom. The molecule has 2 aliphatic rings. The standard InChI is InChI=1S/C17H24N4O2/c1-13-4-5-14(10-19-13)9-16(22)20-7-2-3-15(12-20)21-8-6-18-11-17(21)23/h4-5,10,15,18H,2-3,6-9,11-12H2,1H3. The summed E-state index contributed by atoms with van der Waals surface area (Å²) in [5.74, 6) is 0.279. The third-order valence-corrected chi connectivity index (χ3v) is 4.64. The van der Waals surface area contributed by atoms with Gasteiger partial charge in [-0.15, -0.1) is 0 Å². The van der Waals surface area contributed by atoms with E-state index in [0.29, 0.717) is 19.5 Å². The van der Waals surface area contributed by atoms with Crippen LogP contribution in [-0.2, 0) is 16.0 Å². The van der Waals surface area contributed by atoms with Crippen LogP contribution in [0.2, 0.25) is 0 Å². The van der Waals surface area contributed by atoms with E-state index in [1.54, 1.807) is 6.20 Å². The van der Waals surface area contributed by atoms with Gasteiger partial charge in [-0.1, -0.05) is 6.07 Å². The minimum atomic E-state index is 0.128. The Bertz CT molecular complexity index is 572. The average Bonchev–Trinajstić information content (AvgIpc) is 2.57. The quantitative estimate of drug-likeness (QED) is 0.874. The van der Waals surface area contributed by atoms with E-state index in [4.69, 9.17) is 0 Å². The molecule has 1 atom stereocenters. The number of carbonyl (C=O) groups excluding carboxylic acids is 2. The van der Waals surface area contributed by atoms with Gasteiger partial charge >= 0.3 is 0 Å². The van der Waals surface area contributed by atoms with Crippen LogP contribution < -0.4 is 5.32 Å². The van der Waals surface area contributed by atoms with Gasteiger partial charge < -0.3 is 15.1 Å². The van der Waals surface area contributed by atoms with Crippen LogP contribution in [0.5, 0.6) is 0 Å². The molecule has 0 aliphatic carbocycles. The summed E-state index contributed by atoms with van der Waals surface area (Å²) in [5.41, 5.74) is 1.90. The van der Waals surface area contributed by atoms with E-state index in [0.717, 1.165) is 43.7 Å². The minimum Gasteiger partial charge on any atom is -0.340 e. The number of rotatable bonds is 3. The number of aromatic nitrogens is 1. The zero-order valence-corrected chi connectivity index (χ0v) is 13.6. The van der Waals surface area contributed by atoms with Crippen LogP contribution in [0.1, 0.15) is 24.1 Å². The fourth-order valence-corrected chi connectivity index (χ4v) is 3.33. The maximum absolute atomic E-state index is 12.5. The summed E-state index contributed by atoms with van der Waals surface area (Å²) < 4.78 is 0. The number of piperidine rings is 1. The van der Waals surface area contributed by atoms with Gasteiger partial charge in [0, 0.05) is 44.1 Å². The second-order valence-corrected chi connectivity index (χ2v) is 6.38. The predicted octanol–water partition coefficient (Wildman–Crippen LogP) is 0.355. The summed E-state index contributed by atoms with van der Waals surface area (Å²) in [6, 6.07) is 4.06. The van der Waals surface area contributed by atoms with Gasteiger partial charge in [-0.2, -0.15) is 0 Å². The molecule has 0 bridgehead atoms. The summed E-state index contributed by atoms with van der Waals surface area (Å²) in [4.78, 5) is 32.7. The van der Waals surface area contributed by atoms with Crippen LogP contribution in [0.15, 0.2) is 18.3 Å². The van der Waals surface area contributed by atoms with Gasteiger partial charge in [0.05, 0.1) is 13.0 Å². The summed E-state index contributed by atoms with van der Waals surface area (Å²) in [6.07, 6.45) is 4.10. The molecule has 2 amide bonds. The van der Waals surface area contributed by atoms with E-state index >= 15 is 0 Å². The van der Waals surface area contributed by atoms with Gasteiger partial charge in [-0.05, 0) is 31.4 Å². The minimum absolute atomic E-state index is 0.128. The fourth-order valence-electron chi connectivity index (χ4n) is 3.33. The SMILES string of the molecule is Cc1ccc(CC(=O)N2CCCC(N3CCNCC3=O)C2)cn1. The molecule has 0 aromatic carbocycles.